The van der Waals surface area contributed by atoms with E-state index in [4.69, 9.17) is 0 Å². The van der Waals surface area contributed by atoms with Crippen molar-refractivity contribution in [2.24, 2.45) is 0 Å². The second-order valence-electron chi connectivity index (χ2n) is 5.49. The van der Waals surface area contributed by atoms with Crippen LogP contribution in [0.2, 0.25) is 0 Å². The molecular formula is C15H13N5O3S. The first-order chi connectivity index (χ1) is 11.4. The van der Waals surface area contributed by atoms with Gasteiger partial charge < -0.3 is 10.1 Å². The van der Waals surface area contributed by atoms with Gasteiger partial charge in [0, 0.05) is 22.0 Å². The van der Waals surface area contributed by atoms with Crippen LogP contribution in [0.3, 0.4) is 0 Å². The highest BCUT2D eigenvalue weighted by Crippen LogP contribution is 2.37. The Bertz CT molecular complexity index is 1180. The summed E-state index contributed by atoms with van der Waals surface area (Å²) in [5.74, 6) is -0.0344. The number of pyridine rings is 1. The molecule has 8 nitrogen and oxygen atoms in total. The molecular weight excluding hydrogens is 330 g/mol. The summed E-state index contributed by atoms with van der Waals surface area (Å²) in [6, 6.07) is 8.59. The Kier molecular flexibility index (Phi) is 3.00. The van der Waals surface area contributed by atoms with Crippen molar-refractivity contribution in [2.75, 3.05) is 11.0 Å². The molecule has 24 heavy (non-hydrogen) atoms. The Balaban J connectivity index is 1.92. The molecule has 0 radical (unpaired) electrons. The second kappa shape index (κ2) is 4.96. The summed E-state index contributed by atoms with van der Waals surface area (Å²) < 4.78 is 25.3. The average molecular weight is 343 g/mol. The van der Waals surface area contributed by atoms with Gasteiger partial charge in [0.25, 0.3) is 0 Å². The summed E-state index contributed by atoms with van der Waals surface area (Å²) in [4.78, 5) is 7.33. The molecule has 0 aliphatic rings. The maximum atomic E-state index is 11.4. The molecule has 0 aliphatic carbocycles. The number of H-pyrrole nitrogens is 2. The molecule has 0 spiro atoms. The van der Waals surface area contributed by atoms with Gasteiger partial charge in [0.1, 0.15) is 0 Å². The molecule has 4 rings (SSSR count). The van der Waals surface area contributed by atoms with Gasteiger partial charge in [0.05, 0.1) is 23.7 Å². The van der Waals surface area contributed by atoms with Crippen LogP contribution in [0.4, 0.5) is 5.69 Å². The number of aromatic nitrogens is 4. The van der Waals surface area contributed by atoms with Crippen LogP contribution in [-0.4, -0.2) is 39.9 Å². The molecule has 1 aromatic carbocycles. The van der Waals surface area contributed by atoms with Crippen molar-refractivity contribution < 1.29 is 13.5 Å². The van der Waals surface area contributed by atoms with Crippen molar-refractivity contribution >= 4 is 37.6 Å². The SMILES string of the molecule is CS(=O)(=O)Nc1ccc2[nH]c(O)c(-c3ccc4cn[nH]c4n3)c2c1. The second-order valence-corrected chi connectivity index (χ2v) is 7.24. The van der Waals surface area contributed by atoms with E-state index in [-0.39, 0.29) is 5.88 Å². The molecule has 0 unspecified atom stereocenters. The molecule has 3 aromatic heterocycles. The summed E-state index contributed by atoms with van der Waals surface area (Å²) >= 11 is 0. The molecule has 0 aliphatic heterocycles. The smallest absolute Gasteiger partial charge is 0.229 e. The molecule has 0 saturated carbocycles. The number of fused-ring (bicyclic) bond motifs is 2. The number of anilines is 1. The van der Waals surface area contributed by atoms with Gasteiger partial charge in [-0.1, -0.05) is 0 Å². The molecule has 9 heteroatoms. The van der Waals surface area contributed by atoms with Crippen LogP contribution in [-0.2, 0) is 10.0 Å². The van der Waals surface area contributed by atoms with Crippen molar-refractivity contribution in [3.05, 3.63) is 36.5 Å². The Labute approximate surface area is 136 Å². The van der Waals surface area contributed by atoms with Crippen LogP contribution in [0.25, 0.3) is 33.2 Å². The van der Waals surface area contributed by atoms with Crippen molar-refractivity contribution in [1.82, 2.24) is 20.2 Å². The summed E-state index contributed by atoms with van der Waals surface area (Å²) in [5.41, 5.74) is 2.73. The van der Waals surface area contributed by atoms with E-state index in [2.05, 4.69) is 24.9 Å². The highest BCUT2D eigenvalue weighted by Gasteiger charge is 2.16. The lowest BCUT2D eigenvalue weighted by molar-refractivity contribution is 0.460. The topological polar surface area (TPSA) is 124 Å². The van der Waals surface area contributed by atoms with Gasteiger partial charge in [0.15, 0.2) is 11.5 Å². The molecule has 0 amide bonds. The van der Waals surface area contributed by atoms with Crippen LogP contribution >= 0.6 is 0 Å². The molecule has 3 heterocycles. The number of hydrogen-bond donors (Lipinski definition) is 4. The molecule has 0 fully saturated rings. The van der Waals surface area contributed by atoms with Gasteiger partial charge in [-0.2, -0.15) is 5.10 Å². The minimum Gasteiger partial charge on any atom is -0.494 e. The standard InChI is InChI=1S/C15H13N5O3S/c1-24(22,23)20-9-3-5-11-10(6-9)13(15(21)18-11)12-4-2-8-7-16-19-14(8)17-12/h2-7,18,20-21H,1H3,(H,16,17,19). The first-order valence-corrected chi connectivity index (χ1v) is 8.93. The van der Waals surface area contributed by atoms with Crippen LogP contribution in [0.1, 0.15) is 0 Å². The van der Waals surface area contributed by atoms with E-state index in [0.29, 0.717) is 33.5 Å². The average Bonchev–Trinajstić information content (AvgIpc) is 3.07. The van der Waals surface area contributed by atoms with E-state index in [9.17, 15) is 13.5 Å². The lowest BCUT2D eigenvalue weighted by Gasteiger charge is -2.05. The van der Waals surface area contributed by atoms with Crippen LogP contribution in [0.5, 0.6) is 5.88 Å². The Morgan fingerprint density at radius 1 is 1.21 bits per heavy atom. The number of nitrogens with one attached hydrogen (secondary N) is 3. The zero-order chi connectivity index (χ0) is 16.9. The minimum absolute atomic E-state index is 0.0344. The molecule has 122 valence electrons. The van der Waals surface area contributed by atoms with Gasteiger partial charge in [-0.3, -0.25) is 9.82 Å². The van der Waals surface area contributed by atoms with Gasteiger partial charge in [0.2, 0.25) is 10.0 Å². The minimum atomic E-state index is -3.39. The fourth-order valence-corrected chi connectivity index (χ4v) is 3.24. The summed E-state index contributed by atoms with van der Waals surface area (Å²) in [5, 5.41) is 18.5. The Hall–Kier alpha value is -3.07. The van der Waals surface area contributed by atoms with E-state index < -0.39 is 10.0 Å². The molecule has 0 atom stereocenters. The largest absolute Gasteiger partial charge is 0.494 e. The first kappa shape index (κ1) is 14.5. The lowest BCUT2D eigenvalue weighted by atomic mass is 10.1. The van der Waals surface area contributed by atoms with Gasteiger partial charge in [-0.05, 0) is 30.3 Å². The Morgan fingerprint density at radius 3 is 2.83 bits per heavy atom. The predicted octanol–water partition coefficient (Wildman–Crippen LogP) is 2.18. The maximum absolute atomic E-state index is 11.4. The van der Waals surface area contributed by atoms with E-state index in [1.165, 1.54) is 0 Å². The van der Waals surface area contributed by atoms with E-state index in [1.807, 2.05) is 6.07 Å². The zero-order valence-corrected chi connectivity index (χ0v) is 13.3. The zero-order valence-electron chi connectivity index (χ0n) is 12.5. The summed E-state index contributed by atoms with van der Waals surface area (Å²) in [6.45, 7) is 0. The van der Waals surface area contributed by atoms with Crippen molar-refractivity contribution in [2.45, 2.75) is 0 Å². The molecule has 0 bridgehead atoms. The first-order valence-electron chi connectivity index (χ1n) is 7.04. The third kappa shape index (κ3) is 2.44. The van der Waals surface area contributed by atoms with Gasteiger partial charge >= 0.3 is 0 Å². The van der Waals surface area contributed by atoms with E-state index >= 15 is 0 Å². The van der Waals surface area contributed by atoms with Crippen LogP contribution in [0, 0.1) is 0 Å². The maximum Gasteiger partial charge on any atom is 0.229 e. The van der Waals surface area contributed by atoms with E-state index in [0.717, 1.165) is 11.6 Å². The highest BCUT2D eigenvalue weighted by atomic mass is 32.2. The summed E-state index contributed by atoms with van der Waals surface area (Å²) in [7, 11) is -3.39. The number of nitrogens with zero attached hydrogens (tertiary/aromatic N) is 2. The fraction of sp³-hybridized carbons (Fsp3) is 0.0667. The number of aromatic hydroxyl groups is 1. The fourth-order valence-electron chi connectivity index (χ4n) is 2.68. The van der Waals surface area contributed by atoms with E-state index in [1.54, 1.807) is 30.5 Å². The number of hydrogen-bond acceptors (Lipinski definition) is 5. The monoisotopic (exact) mass is 343 g/mol. The van der Waals surface area contributed by atoms with Crippen molar-refractivity contribution in [1.29, 1.82) is 0 Å². The third-order valence-corrected chi connectivity index (χ3v) is 4.25. The van der Waals surface area contributed by atoms with Crippen LogP contribution in [0.15, 0.2) is 36.5 Å². The van der Waals surface area contributed by atoms with Crippen molar-refractivity contribution in [3.63, 3.8) is 0 Å². The van der Waals surface area contributed by atoms with Crippen molar-refractivity contribution in [3.8, 4) is 17.1 Å². The Morgan fingerprint density at radius 2 is 2.04 bits per heavy atom. The third-order valence-electron chi connectivity index (χ3n) is 3.64. The van der Waals surface area contributed by atoms with Gasteiger partial charge in [-0.15, -0.1) is 0 Å². The number of sulfonamides is 1. The van der Waals surface area contributed by atoms with Crippen LogP contribution < -0.4 is 4.72 Å². The quantitative estimate of drug-likeness (QED) is 0.454. The predicted molar refractivity (Wildman–Crippen MR) is 91.3 cm³/mol. The molecule has 0 saturated heterocycles. The normalized spacial score (nSPS) is 12.0. The number of benzene rings is 1. The molecule has 4 N–H and O–H groups in total. The lowest BCUT2D eigenvalue weighted by Crippen LogP contribution is -2.09. The molecule has 4 aromatic rings. The van der Waals surface area contributed by atoms with Gasteiger partial charge in [-0.25, -0.2) is 13.4 Å². The number of aromatic amines is 2. The highest BCUT2D eigenvalue weighted by molar-refractivity contribution is 7.92. The number of rotatable bonds is 3. The summed E-state index contributed by atoms with van der Waals surface area (Å²) in [6.07, 6.45) is 2.75.